The van der Waals surface area contributed by atoms with Crippen LogP contribution in [0.1, 0.15) is 17.7 Å². The molecule has 1 saturated carbocycles. The molecule has 0 aliphatic heterocycles. The highest BCUT2D eigenvalue weighted by Crippen LogP contribution is 2.38. The Hall–Kier alpha value is -3.52. The van der Waals surface area contributed by atoms with Gasteiger partial charge in [-0.05, 0) is 43.2 Å². The molecular weight excluding hydrogens is 535 g/mol. The zero-order valence-corrected chi connectivity index (χ0v) is 21.5. The fraction of sp³-hybridized carbons (Fsp3) is 0.346. The molecule has 1 aliphatic rings. The molecule has 0 amide bonds. The number of alkyl halides is 2. The summed E-state index contributed by atoms with van der Waals surface area (Å²) in [6.45, 7) is -1.53. The summed E-state index contributed by atoms with van der Waals surface area (Å²) in [7, 11) is 0. The molecule has 0 bridgehead atoms. The molecule has 0 spiro atoms. The molecule has 4 atom stereocenters. The Morgan fingerprint density at radius 3 is 2.59 bits per heavy atom. The number of benzene rings is 2. The Labute approximate surface area is 225 Å². The highest BCUT2D eigenvalue weighted by Gasteiger charge is 2.41. The Balaban J connectivity index is 1.45. The normalized spacial score (nSPS) is 21.0. The van der Waals surface area contributed by atoms with Gasteiger partial charge in [-0.3, -0.25) is 0 Å². The number of hydrogen-bond acceptors (Lipinski definition) is 10. The van der Waals surface area contributed by atoms with Crippen molar-refractivity contribution in [3.63, 3.8) is 0 Å². The lowest BCUT2D eigenvalue weighted by Gasteiger charge is -2.21. The standard InChI is InChI=1S/C26H26F3N5O4S/c1-12-20(24-33-16-4-2-3-5-19(16)39-24)23(32-17-9-14(11-35)21(36)22(17)37)34-26(31-12)30-10-13-6-7-18(15(27)8-13)38-25(28)29/h2-8,14,17,21-22,25,35-37H,9-11H2,1H3,(H2,30,31,32,34)/t14-,17-,21-,22+/m1/s1. The zero-order chi connectivity index (χ0) is 27.7. The molecule has 13 heteroatoms. The molecule has 9 nitrogen and oxygen atoms in total. The van der Waals surface area contributed by atoms with Gasteiger partial charge in [0.2, 0.25) is 5.95 Å². The van der Waals surface area contributed by atoms with Crippen LogP contribution in [0.15, 0.2) is 42.5 Å². The van der Waals surface area contributed by atoms with Crippen molar-refractivity contribution in [3.8, 4) is 16.3 Å². The zero-order valence-electron chi connectivity index (χ0n) is 20.7. The Morgan fingerprint density at radius 2 is 1.90 bits per heavy atom. The monoisotopic (exact) mass is 561 g/mol. The van der Waals surface area contributed by atoms with Crippen molar-refractivity contribution in [2.75, 3.05) is 17.2 Å². The summed E-state index contributed by atoms with van der Waals surface area (Å²) in [5.41, 5.74) is 2.45. The van der Waals surface area contributed by atoms with Crippen molar-refractivity contribution in [1.29, 1.82) is 0 Å². The van der Waals surface area contributed by atoms with E-state index < -0.39 is 42.3 Å². The second-order valence-corrected chi connectivity index (χ2v) is 10.3. The molecule has 5 rings (SSSR count). The van der Waals surface area contributed by atoms with Crippen LogP contribution in [-0.4, -0.2) is 61.7 Å². The molecule has 4 aromatic rings. The molecular formula is C26H26F3N5O4S. The van der Waals surface area contributed by atoms with Crippen LogP contribution in [0.25, 0.3) is 20.8 Å². The molecule has 2 aromatic carbocycles. The highest BCUT2D eigenvalue weighted by atomic mass is 32.1. The SMILES string of the molecule is Cc1nc(NCc2ccc(OC(F)F)c(F)c2)nc(N[C@@H]2C[C@H](CO)[C@@H](O)[C@H]2O)c1-c1nc2ccccc2s1. The summed E-state index contributed by atoms with van der Waals surface area (Å²) in [6.07, 6.45) is -1.91. The number of aliphatic hydroxyl groups is 3. The fourth-order valence-corrected chi connectivity index (χ4v) is 5.71. The second kappa shape index (κ2) is 11.3. The third kappa shape index (κ3) is 5.76. The van der Waals surface area contributed by atoms with Gasteiger partial charge in [-0.2, -0.15) is 13.8 Å². The maximum absolute atomic E-state index is 14.2. The van der Waals surface area contributed by atoms with Crippen molar-refractivity contribution in [3.05, 3.63) is 59.5 Å². The fourth-order valence-electron chi connectivity index (χ4n) is 4.64. The number of thiazole rings is 1. The molecule has 0 unspecified atom stereocenters. The number of nitrogens with one attached hydrogen (secondary N) is 2. The van der Waals surface area contributed by atoms with Gasteiger partial charge in [-0.15, -0.1) is 11.3 Å². The number of fused-ring (bicyclic) bond motifs is 1. The van der Waals surface area contributed by atoms with E-state index >= 15 is 0 Å². The topological polar surface area (TPSA) is 133 Å². The molecule has 2 aromatic heterocycles. The number of aliphatic hydroxyl groups excluding tert-OH is 3. The number of para-hydroxylation sites is 1. The summed E-state index contributed by atoms with van der Waals surface area (Å²) in [6, 6.07) is 10.7. The number of anilines is 2. The molecule has 1 fully saturated rings. The van der Waals surface area contributed by atoms with E-state index in [1.807, 2.05) is 24.3 Å². The summed E-state index contributed by atoms with van der Waals surface area (Å²) in [5.74, 6) is -1.40. The first-order chi connectivity index (χ1) is 18.7. The Bertz CT molecular complexity index is 1440. The summed E-state index contributed by atoms with van der Waals surface area (Å²) < 4.78 is 44.1. The maximum Gasteiger partial charge on any atom is 0.387 e. The third-order valence-corrected chi connectivity index (χ3v) is 7.67. The number of aryl methyl sites for hydroxylation is 1. The molecule has 0 radical (unpaired) electrons. The van der Waals surface area contributed by atoms with Crippen LogP contribution in [0.5, 0.6) is 5.75 Å². The molecule has 1 aliphatic carbocycles. The van der Waals surface area contributed by atoms with Crippen molar-refractivity contribution in [2.24, 2.45) is 5.92 Å². The van der Waals surface area contributed by atoms with Crippen LogP contribution in [0.2, 0.25) is 0 Å². The van der Waals surface area contributed by atoms with Gasteiger partial charge >= 0.3 is 6.61 Å². The van der Waals surface area contributed by atoms with E-state index in [9.17, 15) is 28.5 Å². The van der Waals surface area contributed by atoms with Crippen LogP contribution in [0, 0.1) is 18.7 Å². The quantitative estimate of drug-likeness (QED) is 0.206. The van der Waals surface area contributed by atoms with E-state index in [1.54, 1.807) is 6.92 Å². The van der Waals surface area contributed by atoms with Gasteiger partial charge in [0, 0.05) is 19.1 Å². The maximum atomic E-state index is 14.2. The van der Waals surface area contributed by atoms with Crippen LogP contribution < -0.4 is 15.4 Å². The van der Waals surface area contributed by atoms with Gasteiger partial charge in [0.1, 0.15) is 16.9 Å². The smallest absolute Gasteiger partial charge is 0.387 e. The lowest BCUT2D eigenvalue weighted by molar-refractivity contribution is -0.0522. The van der Waals surface area contributed by atoms with Crippen LogP contribution in [0.4, 0.5) is 24.9 Å². The summed E-state index contributed by atoms with van der Waals surface area (Å²) in [5, 5.41) is 37.4. The summed E-state index contributed by atoms with van der Waals surface area (Å²) >= 11 is 1.46. The number of rotatable bonds is 9. The lowest BCUT2D eigenvalue weighted by Crippen LogP contribution is -2.35. The average Bonchev–Trinajstić information content (AvgIpc) is 3.44. The minimum atomic E-state index is -3.13. The number of nitrogens with zero attached hydrogens (tertiary/aromatic N) is 3. The number of ether oxygens (including phenoxy) is 1. The van der Waals surface area contributed by atoms with E-state index in [0.717, 1.165) is 22.3 Å². The Morgan fingerprint density at radius 1 is 1.10 bits per heavy atom. The number of hydrogen-bond donors (Lipinski definition) is 5. The van der Waals surface area contributed by atoms with Crippen LogP contribution in [-0.2, 0) is 6.54 Å². The molecule has 5 N–H and O–H groups in total. The van der Waals surface area contributed by atoms with E-state index in [2.05, 4.69) is 25.3 Å². The van der Waals surface area contributed by atoms with Crippen molar-refractivity contribution >= 4 is 33.3 Å². The van der Waals surface area contributed by atoms with E-state index in [-0.39, 0.29) is 19.1 Å². The minimum absolute atomic E-state index is 0.0859. The van der Waals surface area contributed by atoms with Crippen LogP contribution >= 0.6 is 11.3 Å². The number of halogens is 3. The molecule has 2 heterocycles. The largest absolute Gasteiger partial charge is 0.432 e. The third-order valence-electron chi connectivity index (χ3n) is 6.62. The first-order valence-electron chi connectivity index (χ1n) is 12.2. The summed E-state index contributed by atoms with van der Waals surface area (Å²) in [4.78, 5) is 13.9. The Kier molecular flexibility index (Phi) is 7.84. The van der Waals surface area contributed by atoms with E-state index in [0.29, 0.717) is 34.1 Å². The molecule has 0 saturated heterocycles. The van der Waals surface area contributed by atoms with Crippen molar-refractivity contribution < 1.29 is 33.2 Å². The van der Waals surface area contributed by atoms with Crippen molar-refractivity contribution in [1.82, 2.24) is 15.0 Å². The van der Waals surface area contributed by atoms with Gasteiger partial charge in [-0.25, -0.2) is 14.4 Å². The van der Waals surface area contributed by atoms with Gasteiger partial charge in [0.25, 0.3) is 0 Å². The van der Waals surface area contributed by atoms with Crippen molar-refractivity contribution in [2.45, 2.75) is 44.8 Å². The first kappa shape index (κ1) is 27.1. The van der Waals surface area contributed by atoms with Gasteiger partial charge < -0.3 is 30.7 Å². The average molecular weight is 562 g/mol. The minimum Gasteiger partial charge on any atom is -0.432 e. The first-order valence-corrected chi connectivity index (χ1v) is 13.0. The number of aromatic nitrogens is 3. The van der Waals surface area contributed by atoms with E-state index in [4.69, 9.17) is 4.98 Å². The second-order valence-electron chi connectivity index (χ2n) is 9.25. The lowest BCUT2D eigenvalue weighted by atomic mass is 10.1. The molecule has 39 heavy (non-hydrogen) atoms. The van der Waals surface area contributed by atoms with Gasteiger partial charge in [0.05, 0.1) is 33.6 Å². The van der Waals surface area contributed by atoms with Gasteiger partial charge in [-0.1, -0.05) is 18.2 Å². The predicted octanol–water partition coefficient (Wildman–Crippen LogP) is 3.93. The van der Waals surface area contributed by atoms with E-state index in [1.165, 1.54) is 17.4 Å². The van der Waals surface area contributed by atoms with Crippen LogP contribution in [0.3, 0.4) is 0 Å². The molecule has 206 valence electrons. The van der Waals surface area contributed by atoms with Gasteiger partial charge in [0.15, 0.2) is 11.6 Å². The predicted molar refractivity (Wildman–Crippen MR) is 140 cm³/mol. The highest BCUT2D eigenvalue weighted by molar-refractivity contribution is 7.21.